The van der Waals surface area contributed by atoms with E-state index >= 15 is 0 Å². The van der Waals surface area contributed by atoms with Gasteiger partial charge in [0.15, 0.2) is 0 Å². The standard InChI is InChI=1S/C13H10O3/c14-11-7-4-10(5-8-11)6-9-12-2-1-3-13(15)16-12/h1-9,14H/b9-6+. The number of benzene rings is 1. The van der Waals surface area contributed by atoms with Crippen molar-refractivity contribution in [3.63, 3.8) is 0 Å². The predicted octanol–water partition coefficient (Wildman–Crippen LogP) is 2.52. The predicted molar refractivity (Wildman–Crippen MR) is 62.0 cm³/mol. The van der Waals surface area contributed by atoms with Crippen LogP contribution in [0, 0.1) is 0 Å². The second-order valence-corrected chi connectivity index (χ2v) is 3.27. The van der Waals surface area contributed by atoms with Crippen LogP contribution in [0.25, 0.3) is 12.2 Å². The first-order valence-corrected chi connectivity index (χ1v) is 4.81. The Balaban J connectivity index is 2.21. The molecule has 0 atom stereocenters. The van der Waals surface area contributed by atoms with Gasteiger partial charge in [-0.2, -0.15) is 0 Å². The first kappa shape index (κ1) is 10.2. The summed E-state index contributed by atoms with van der Waals surface area (Å²) < 4.78 is 4.93. The molecule has 1 aromatic carbocycles. The van der Waals surface area contributed by atoms with E-state index in [-0.39, 0.29) is 11.4 Å². The van der Waals surface area contributed by atoms with Crippen LogP contribution in [0.3, 0.4) is 0 Å². The van der Waals surface area contributed by atoms with Crippen molar-refractivity contribution in [1.29, 1.82) is 0 Å². The Labute approximate surface area is 92.3 Å². The van der Waals surface area contributed by atoms with Gasteiger partial charge in [-0.05, 0) is 29.8 Å². The first-order chi connectivity index (χ1) is 7.74. The zero-order valence-corrected chi connectivity index (χ0v) is 8.46. The van der Waals surface area contributed by atoms with Crippen molar-refractivity contribution >= 4 is 12.2 Å². The molecular weight excluding hydrogens is 204 g/mol. The molecule has 0 unspecified atom stereocenters. The van der Waals surface area contributed by atoms with E-state index in [0.717, 1.165) is 5.56 Å². The van der Waals surface area contributed by atoms with Crippen LogP contribution < -0.4 is 5.63 Å². The topological polar surface area (TPSA) is 50.4 Å². The molecule has 1 N–H and O–H groups in total. The minimum atomic E-state index is -0.368. The Morgan fingerprint density at radius 1 is 1.00 bits per heavy atom. The van der Waals surface area contributed by atoms with Gasteiger partial charge in [-0.15, -0.1) is 0 Å². The molecule has 0 spiro atoms. The van der Waals surface area contributed by atoms with E-state index in [2.05, 4.69) is 0 Å². The monoisotopic (exact) mass is 214 g/mol. The molecule has 1 heterocycles. The van der Waals surface area contributed by atoms with Crippen molar-refractivity contribution < 1.29 is 9.52 Å². The highest BCUT2D eigenvalue weighted by Gasteiger charge is 1.91. The Morgan fingerprint density at radius 2 is 1.75 bits per heavy atom. The van der Waals surface area contributed by atoms with Gasteiger partial charge in [0.1, 0.15) is 11.5 Å². The van der Waals surface area contributed by atoms with E-state index in [4.69, 9.17) is 9.52 Å². The number of aromatic hydroxyl groups is 1. The molecule has 3 nitrogen and oxygen atoms in total. The maximum absolute atomic E-state index is 10.9. The van der Waals surface area contributed by atoms with Crippen LogP contribution in [0.15, 0.2) is 51.7 Å². The fourth-order valence-electron chi connectivity index (χ4n) is 1.26. The van der Waals surface area contributed by atoms with Crippen LogP contribution >= 0.6 is 0 Å². The third kappa shape index (κ3) is 2.60. The minimum Gasteiger partial charge on any atom is -0.508 e. The third-order valence-corrected chi connectivity index (χ3v) is 2.04. The van der Waals surface area contributed by atoms with Crippen molar-refractivity contribution in [2.75, 3.05) is 0 Å². The van der Waals surface area contributed by atoms with Gasteiger partial charge >= 0.3 is 5.63 Å². The second-order valence-electron chi connectivity index (χ2n) is 3.27. The summed E-state index contributed by atoms with van der Waals surface area (Å²) in [6, 6.07) is 11.4. The molecule has 0 aliphatic heterocycles. The Bertz CT molecular complexity index is 550. The van der Waals surface area contributed by atoms with Crippen LogP contribution in [-0.2, 0) is 0 Å². The Kier molecular flexibility index (Phi) is 2.87. The molecule has 0 aliphatic rings. The van der Waals surface area contributed by atoms with E-state index < -0.39 is 0 Å². The normalized spacial score (nSPS) is 10.8. The van der Waals surface area contributed by atoms with Crippen molar-refractivity contribution in [3.05, 3.63) is 64.2 Å². The lowest BCUT2D eigenvalue weighted by atomic mass is 10.2. The van der Waals surface area contributed by atoms with E-state index in [1.165, 1.54) is 6.07 Å². The fraction of sp³-hybridized carbons (Fsp3) is 0. The summed E-state index contributed by atoms with van der Waals surface area (Å²) in [5.41, 5.74) is 0.553. The molecule has 0 aliphatic carbocycles. The van der Waals surface area contributed by atoms with Gasteiger partial charge < -0.3 is 9.52 Å². The molecule has 16 heavy (non-hydrogen) atoms. The van der Waals surface area contributed by atoms with Gasteiger partial charge in [-0.25, -0.2) is 4.79 Å². The van der Waals surface area contributed by atoms with Crippen molar-refractivity contribution in [2.45, 2.75) is 0 Å². The van der Waals surface area contributed by atoms with Crippen LogP contribution in [0.5, 0.6) is 5.75 Å². The van der Waals surface area contributed by atoms with Crippen molar-refractivity contribution in [3.8, 4) is 5.75 Å². The number of rotatable bonds is 2. The summed E-state index contributed by atoms with van der Waals surface area (Å²) in [5, 5.41) is 9.09. The highest BCUT2D eigenvalue weighted by atomic mass is 16.4. The van der Waals surface area contributed by atoms with Crippen LogP contribution in [-0.4, -0.2) is 5.11 Å². The maximum atomic E-state index is 10.9. The second kappa shape index (κ2) is 4.49. The molecule has 0 saturated heterocycles. The van der Waals surface area contributed by atoms with E-state index in [1.54, 1.807) is 48.6 Å². The minimum absolute atomic E-state index is 0.225. The van der Waals surface area contributed by atoms with Crippen LogP contribution in [0.1, 0.15) is 11.3 Å². The summed E-state index contributed by atoms with van der Waals surface area (Å²) in [5.74, 6) is 0.726. The molecule has 3 heteroatoms. The molecular formula is C13H10O3. The lowest BCUT2D eigenvalue weighted by Crippen LogP contribution is -1.94. The molecule has 0 fully saturated rings. The highest BCUT2D eigenvalue weighted by Crippen LogP contribution is 2.12. The van der Waals surface area contributed by atoms with Crippen molar-refractivity contribution in [1.82, 2.24) is 0 Å². The van der Waals surface area contributed by atoms with Gasteiger partial charge in [-0.3, -0.25) is 0 Å². The Morgan fingerprint density at radius 3 is 2.44 bits per heavy atom. The average Bonchev–Trinajstić information content (AvgIpc) is 2.28. The first-order valence-electron chi connectivity index (χ1n) is 4.81. The summed E-state index contributed by atoms with van der Waals surface area (Å²) in [6.45, 7) is 0. The van der Waals surface area contributed by atoms with Crippen LogP contribution in [0.2, 0.25) is 0 Å². The molecule has 0 amide bonds. The number of phenols is 1. The van der Waals surface area contributed by atoms with E-state index in [9.17, 15) is 4.79 Å². The molecule has 0 bridgehead atoms. The number of hydrogen-bond donors (Lipinski definition) is 1. The molecule has 0 saturated carbocycles. The van der Waals surface area contributed by atoms with Gasteiger partial charge in [0, 0.05) is 6.07 Å². The lowest BCUT2D eigenvalue weighted by molar-refractivity contribution is 0.475. The van der Waals surface area contributed by atoms with Gasteiger partial charge in [0.2, 0.25) is 0 Å². The molecule has 2 aromatic rings. The van der Waals surface area contributed by atoms with Gasteiger partial charge in [0.05, 0.1) is 0 Å². The van der Waals surface area contributed by atoms with E-state index in [1.807, 2.05) is 0 Å². The third-order valence-electron chi connectivity index (χ3n) is 2.04. The van der Waals surface area contributed by atoms with E-state index in [0.29, 0.717) is 5.76 Å². The largest absolute Gasteiger partial charge is 0.508 e. The summed E-state index contributed by atoms with van der Waals surface area (Å²) in [4.78, 5) is 10.9. The van der Waals surface area contributed by atoms with Crippen LogP contribution in [0.4, 0.5) is 0 Å². The smallest absolute Gasteiger partial charge is 0.336 e. The summed E-state index contributed by atoms with van der Waals surface area (Å²) in [7, 11) is 0. The zero-order chi connectivity index (χ0) is 11.4. The van der Waals surface area contributed by atoms with Gasteiger partial charge in [-0.1, -0.05) is 24.3 Å². The molecule has 2 rings (SSSR count). The maximum Gasteiger partial charge on any atom is 0.336 e. The zero-order valence-electron chi connectivity index (χ0n) is 8.46. The molecule has 1 aromatic heterocycles. The molecule has 80 valence electrons. The van der Waals surface area contributed by atoms with Crippen molar-refractivity contribution in [2.24, 2.45) is 0 Å². The summed E-state index contributed by atoms with van der Waals surface area (Å²) >= 11 is 0. The number of hydrogen-bond acceptors (Lipinski definition) is 3. The quantitative estimate of drug-likeness (QED) is 0.835. The summed E-state index contributed by atoms with van der Waals surface area (Å²) in [6.07, 6.45) is 3.51. The average molecular weight is 214 g/mol. The highest BCUT2D eigenvalue weighted by molar-refractivity contribution is 5.67. The van der Waals surface area contributed by atoms with Gasteiger partial charge in [0.25, 0.3) is 0 Å². The molecule has 0 radical (unpaired) electrons. The lowest BCUT2D eigenvalue weighted by Gasteiger charge is -1.94. The number of phenolic OH excluding ortho intramolecular Hbond substituents is 1. The fourth-order valence-corrected chi connectivity index (χ4v) is 1.26. The SMILES string of the molecule is O=c1cccc(/C=C/c2ccc(O)cc2)o1. The Hall–Kier alpha value is -2.29.